The van der Waals surface area contributed by atoms with E-state index in [0.717, 1.165) is 32.3 Å². The summed E-state index contributed by atoms with van der Waals surface area (Å²) in [7, 11) is 0. The van der Waals surface area contributed by atoms with Gasteiger partial charge in [0.05, 0.1) is 31.3 Å². The number of rotatable bonds is 6. The van der Waals surface area contributed by atoms with Gasteiger partial charge in [0.15, 0.2) is 0 Å². The molecule has 2 saturated heterocycles. The van der Waals surface area contributed by atoms with Crippen LogP contribution in [0.2, 0.25) is 0 Å². The lowest BCUT2D eigenvalue weighted by Crippen LogP contribution is -2.47. The van der Waals surface area contributed by atoms with Gasteiger partial charge in [-0.25, -0.2) is 0 Å². The molecule has 2 bridgehead atoms. The number of ether oxygens (including phenoxy) is 2. The maximum atomic E-state index is 11.2. The number of carbonyl (C=O) groups is 1. The molecule has 4 N–H and O–H groups in total. The Hall–Kier alpha value is -0.650. The molecule has 3 aliphatic rings. The number of carbonyl (C=O) groups excluding carboxylic acids is 1. The summed E-state index contributed by atoms with van der Waals surface area (Å²) in [6, 6.07) is 0. The van der Waals surface area contributed by atoms with E-state index in [1.165, 1.54) is 0 Å². The SMILES string of the molecule is C[C@@H](OCC12CCC(CC1)OC2)[C@H](CN)C(N)=O. The summed E-state index contributed by atoms with van der Waals surface area (Å²) in [5.41, 5.74) is 11.0. The van der Waals surface area contributed by atoms with Gasteiger partial charge in [-0.1, -0.05) is 0 Å². The van der Waals surface area contributed by atoms with Crippen molar-refractivity contribution in [1.82, 2.24) is 0 Å². The van der Waals surface area contributed by atoms with E-state index in [9.17, 15) is 4.79 Å². The van der Waals surface area contributed by atoms with Gasteiger partial charge in [-0.15, -0.1) is 0 Å². The van der Waals surface area contributed by atoms with Crippen LogP contribution in [0.15, 0.2) is 0 Å². The molecule has 0 spiro atoms. The minimum atomic E-state index is -0.401. The summed E-state index contributed by atoms with van der Waals surface area (Å²) in [4.78, 5) is 11.2. The first-order valence-corrected chi connectivity index (χ1v) is 6.79. The van der Waals surface area contributed by atoms with Crippen LogP contribution >= 0.6 is 0 Å². The molecule has 0 aromatic carbocycles. The quantitative estimate of drug-likeness (QED) is 0.720. The van der Waals surface area contributed by atoms with Gasteiger partial charge in [0.2, 0.25) is 5.91 Å². The van der Waals surface area contributed by atoms with Gasteiger partial charge in [-0.3, -0.25) is 4.79 Å². The first kappa shape index (κ1) is 13.8. The highest BCUT2D eigenvalue weighted by Crippen LogP contribution is 2.43. The lowest BCUT2D eigenvalue weighted by Gasteiger charge is -2.46. The zero-order chi connectivity index (χ0) is 13.2. The van der Waals surface area contributed by atoms with Gasteiger partial charge in [0.1, 0.15) is 0 Å². The van der Waals surface area contributed by atoms with Gasteiger partial charge >= 0.3 is 0 Å². The third-order valence-corrected chi connectivity index (χ3v) is 4.46. The summed E-state index contributed by atoms with van der Waals surface area (Å²) in [5.74, 6) is -0.784. The fourth-order valence-electron chi connectivity index (χ4n) is 2.96. The summed E-state index contributed by atoms with van der Waals surface area (Å²) in [6.07, 6.45) is 4.83. The molecule has 104 valence electrons. The average molecular weight is 256 g/mol. The van der Waals surface area contributed by atoms with Crippen LogP contribution in [-0.4, -0.2) is 37.9 Å². The summed E-state index contributed by atoms with van der Waals surface area (Å²) in [6.45, 7) is 3.54. The molecule has 5 nitrogen and oxygen atoms in total. The third-order valence-electron chi connectivity index (χ3n) is 4.46. The molecule has 18 heavy (non-hydrogen) atoms. The number of primary amides is 1. The van der Waals surface area contributed by atoms with E-state index in [4.69, 9.17) is 20.9 Å². The Bertz CT molecular complexity index is 287. The topological polar surface area (TPSA) is 87.6 Å². The molecular weight excluding hydrogens is 232 g/mol. The van der Waals surface area contributed by atoms with Crippen LogP contribution in [0.4, 0.5) is 0 Å². The Labute approximate surface area is 108 Å². The summed E-state index contributed by atoms with van der Waals surface area (Å²) >= 11 is 0. The maximum absolute atomic E-state index is 11.2. The van der Waals surface area contributed by atoms with Crippen LogP contribution in [0.5, 0.6) is 0 Å². The summed E-state index contributed by atoms with van der Waals surface area (Å²) < 4.78 is 11.6. The van der Waals surface area contributed by atoms with Crippen LogP contribution in [0.25, 0.3) is 0 Å². The Morgan fingerprint density at radius 3 is 2.61 bits per heavy atom. The zero-order valence-electron chi connectivity index (χ0n) is 11.1. The molecule has 1 saturated carbocycles. The largest absolute Gasteiger partial charge is 0.378 e. The summed E-state index contributed by atoms with van der Waals surface area (Å²) in [5, 5.41) is 0. The van der Waals surface area contributed by atoms with Crippen molar-refractivity contribution in [2.24, 2.45) is 22.8 Å². The van der Waals surface area contributed by atoms with E-state index in [0.29, 0.717) is 12.7 Å². The van der Waals surface area contributed by atoms with Crippen molar-refractivity contribution in [1.29, 1.82) is 0 Å². The van der Waals surface area contributed by atoms with Gasteiger partial charge in [-0.2, -0.15) is 0 Å². The molecule has 2 atom stereocenters. The van der Waals surface area contributed by atoms with E-state index < -0.39 is 5.92 Å². The van der Waals surface area contributed by atoms with Gasteiger partial charge in [0.25, 0.3) is 0 Å². The highest BCUT2D eigenvalue weighted by molar-refractivity contribution is 5.77. The van der Waals surface area contributed by atoms with Crippen LogP contribution in [0, 0.1) is 11.3 Å². The molecule has 2 heterocycles. The standard InChI is InChI=1S/C13H24N2O3/c1-9(11(6-14)12(15)16)17-7-13-4-2-10(3-5-13)18-8-13/h9-11H,2-8,14H2,1H3,(H2,15,16)/t9-,10?,11+,13?/m1/s1. The van der Waals surface area contributed by atoms with E-state index in [-0.39, 0.29) is 24.0 Å². The number of hydrogen-bond acceptors (Lipinski definition) is 4. The molecule has 3 fully saturated rings. The van der Waals surface area contributed by atoms with E-state index in [2.05, 4.69) is 0 Å². The lowest BCUT2D eigenvalue weighted by molar-refractivity contribution is -0.155. The number of nitrogens with two attached hydrogens (primary N) is 2. The van der Waals surface area contributed by atoms with Crippen LogP contribution in [-0.2, 0) is 14.3 Å². The van der Waals surface area contributed by atoms with Crippen LogP contribution in [0.1, 0.15) is 32.6 Å². The average Bonchev–Trinajstić information content (AvgIpc) is 2.39. The van der Waals surface area contributed by atoms with Crippen molar-refractivity contribution in [2.75, 3.05) is 19.8 Å². The van der Waals surface area contributed by atoms with Gasteiger partial charge in [0, 0.05) is 12.0 Å². The van der Waals surface area contributed by atoms with Crippen molar-refractivity contribution in [3.8, 4) is 0 Å². The van der Waals surface area contributed by atoms with E-state index in [1.807, 2.05) is 6.92 Å². The molecule has 1 amide bonds. The minimum absolute atomic E-state index is 0.153. The Morgan fingerprint density at radius 1 is 1.50 bits per heavy atom. The molecule has 5 heteroatoms. The number of hydrogen-bond donors (Lipinski definition) is 2. The molecule has 0 radical (unpaired) electrons. The zero-order valence-corrected chi connectivity index (χ0v) is 11.1. The van der Waals surface area contributed by atoms with Crippen molar-refractivity contribution in [3.05, 3.63) is 0 Å². The van der Waals surface area contributed by atoms with E-state index in [1.54, 1.807) is 0 Å². The second-order valence-corrected chi connectivity index (χ2v) is 5.77. The maximum Gasteiger partial charge on any atom is 0.224 e. The third kappa shape index (κ3) is 2.84. The molecule has 1 aliphatic carbocycles. The highest BCUT2D eigenvalue weighted by Gasteiger charge is 2.42. The number of amides is 1. The predicted octanol–water partition coefficient (Wildman–Crippen LogP) is 0.411. The Balaban J connectivity index is 1.85. The van der Waals surface area contributed by atoms with Gasteiger partial charge in [-0.05, 0) is 32.6 Å². The van der Waals surface area contributed by atoms with E-state index >= 15 is 0 Å². The smallest absolute Gasteiger partial charge is 0.224 e. The molecular formula is C13H24N2O3. The number of fused-ring (bicyclic) bond motifs is 3. The Morgan fingerprint density at radius 2 is 2.17 bits per heavy atom. The Kier molecular flexibility index (Phi) is 4.25. The van der Waals surface area contributed by atoms with Crippen molar-refractivity contribution in [2.45, 2.75) is 44.8 Å². The molecule has 0 aromatic heterocycles. The fraction of sp³-hybridized carbons (Fsp3) is 0.923. The first-order valence-electron chi connectivity index (χ1n) is 6.79. The molecule has 0 aromatic rings. The predicted molar refractivity (Wildman–Crippen MR) is 67.8 cm³/mol. The normalized spacial score (nSPS) is 34.2. The second kappa shape index (κ2) is 5.55. The van der Waals surface area contributed by atoms with Crippen molar-refractivity contribution >= 4 is 5.91 Å². The molecule has 2 aliphatic heterocycles. The van der Waals surface area contributed by atoms with Crippen LogP contribution in [0.3, 0.4) is 0 Å². The highest BCUT2D eigenvalue weighted by atomic mass is 16.5. The fourth-order valence-corrected chi connectivity index (χ4v) is 2.96. The van der Waals surface area contributed by atoms with Crippen LogP contribution < -0.4 is 11.5 Å². The van der Waals surface area contributed by atoms with Gasteiger partial charge < -0.3 is 20.9 Å². The van der Waals surface area contributed by atoms with Crippen molar-refractivity contribution in [3.63, 3.8) is 0 Å². The monoisotopic (exact) mass is 256 g/mol. The minimum Gasteiger partial charge on any atom is -0.378 e. The van der Waals surface area contributed by atoms with Crippen molar-refractivity contribution < 1.29 is 14.3 Å². The lowest BCUT2D eigenvalue weighted by atomic mass is 9.72. The first-order chi connectivity index (χ1) is 8.56. The molecule has 0 unspecified atom stereocenters. The second-order valence-electron chi connectivity index (χ2n) is 5.77. The molecule has 3 rings (SSSR count).